The highest BCUT2D eigenvalue weighted by molar-refractivity contribution is 5.81. The Kier molecular flexibility index (Phi) is 4.33. The maximum absolute atomic E-state index is 11.6. The molecule has 1 rings (SSSR count). The standard InChI is InChI=1S/C12H22N2O/c1-4-9-13-11(15)10(3)14-12(5-2)7-6-8-12/h4,10,14H,1,5-9H2,2-3H3,(H,13,15). The van der Waals surface area contributed by atoms with Crippen LogP contribution in [-0.4, -0.2) is 24.0 Å². The molecule has 0 aromatic carbocycles. The largest absolute Gasteiger partial charge is 0.351 e. The van der Waals surface area contributed by atoms with Gasteiger partial charge in [-0.15, -0.1) is 6.58 Å². The van der Waals surface area contributed by atoms with Crippen LogP contribution in [0, 0.1) is 0 Å². The zero-order valence-corrected chi connectivity index (χ0v) is 9.81. The van der Waals surface area contributed by atoms with Crippen molar-refractivity contribution in [1.29, 1.82) is 0 Å². The Morgan fingerprint density at radius 1 is 1.60 bits per heavy atom. The Labute approximate surface area is 92.3 Å². The van der Waals surface area contributed by atoms with E-state index in [4.69, 9.17) is 0 Å². The van der Waals surface area contributed by atoms with Gasteiger partial charge in [-0.05, 0) is 32.6 Å². The van der Waals surface area contributed by atoms with Crippen LogP contribution in [-0.2, 0) is 4.79 Å². The fourth-order valence-corrected chi connectivity index (χ4v) is 2.05. The zero-order valence-electron chi connectivity index (χ0n) is 9.81. The van der Waals surface area contributed by atoms with Crippen molar-refractivity contribution in [2.45, 2.75) is 51.1 Å². The molecule has 0 aromatic heterocycles. The van der Waals surface area contributed by atoms with Gasteiger partial charge in [0.2, 0.25) is 5.91 Å². The van der Waals surface area contributed by atoms with Crippen molar-refractivity contribution in [3.05, 3.63) is 12.7 Å². The molecule has 1 aliphatic carbocycles. The Morgan fingerprint density at radius 2 is 2.27 bits per heavy atom. The van der Waals surface area contributed by atoms with Gasteiger partial charge in [0.1, 0.15) is 0 Å². The highest BCUT2D eigenvalue weighted by atomic mass is 16.2. The summed E-state index contributed by atoms with van der Waals surface area (Å²) in [6.07, 6.45) is 6.47. The smallest absolute Gasteiger partial charge is 0.237 e. The molecule has 1 amide bonds. The van der Waals surface area contributed by atoms with Crippen molar-refractivity contribution in [2.75, 3.05) is 6.54 Å². The van der Waals surface area contributed by atoms with Crippen LogP contribution in [0.25, 0.3) is 0 Å². The molecular weight excluding hydrogens is 188 g/mol. The van der Waals surface area contributed by atoms with Crippen molar-refractivity contribution >= 4 is 5.91 Å². The first-order valence-corrected chi connectivity index (χ1v) is 5.80. The predicted molar refractivity (Wildman–Crippen MR) is 62.7 cm³/mol. The van der Waals surface area contributed by atoms with Crippen molar-refractivity contribution < 1.29 is 4.79 Å². The molecule has 15 heavy (non-hydrogen) atoms. The second-order valence-electron chi connectivity index (χ2n) is 4.39. The molecule has 0 radical (unpaired) electrons. The van der Waals surface area contributed by atoms with Crippen LogP contribution in [0.2, 0.25) is 0 Å². The van der Waals surface area contributed by atoms with Gasteiger partial charge < -0.3 is 10.6 Å². The third-order valence-electron chi connectivity index (χ3n) is 3.32. The fraction of sp³-hybridized carbons (Fsp3) is 0.750. The van der Waals surface area contributed by atoms with Crippen molar-refractivity contribution in [1.82, 2.24) is 10.6 Å². The average molecular weight is 210 g/mol. The molecule has 86 valence electrons. The lowest BCUT2D eigenvalue weighted by Gasteiger charge is -2.44. The molecule has 2 N–H and O–H groups in total. The topological polar surface area (TPSA) is 41.1 Å². The summed E-state index contributed by atoms with van der Waals surface area (Å²) in [7, 11) is 0. The van der Waals surface area contributed by atoms with Crippen molar-refractivity contribution in [3.63, 3.8) is 0 Å². The highest BCUT2D eigenvalue weighted by Crippen LogP contribution is 2.34. The lowest BCUT2D eigenvalue weighted by atomic mass is 9.74. The molecule has 1 atom stereocenters. The van der Waals surface area contributed by atoms with E-state index in [1.165, 1.54) is 19.3 Å². The number of carbonyl (C=O) groups is 1. The van der Waals surface area contributed by atoms with E-state index in [1.54, 1.807) is 6.08 Å². The molecule has 0 heterocycles. The summed E-state index contributed by atoms with van der Waals surface area (Å²) in [4.78, 5) is 11.6. The van der Waals surface area contributed by atoms with Gasteiger partial charge in [-0.25, -0.2) is 0 Å². The molecule has 1 unspecified atom stereocenters. The van der Waals surface area contributed by atoms with Crippen molar-refractivity contribution in [2.24, 2.45) is 0 Å². The molecule has 0 saturated heterocycles. The third-order valence-corrected chi connectivity index (χ3v) is 3.32. The molecule has 0 aliphatic heterocycles. The van der Waals surface area contributed by atoms with Crippen LogP contribution in [0.3, 0.4) is 0 Å². The summed E-state index contributed by atoms with van der Waals surface area (Å²) < 4.78 is 0. The van der Waals surface area contributed by atoms with E-state index in [-0.39, 0.29) is 17.5 Å². The first-order valence-electron chi connectivity index (χ1n) is 5.80. The summed E-state index contributed by atoms with van der Waals surface area (Å²) in [5.74, 6) is 0.0645. The van der Waals surface area contributed by atoms with Crippen LogP contribution in [0.15, 0.2) is 12.7 Å². The molecule has 0 aromatic rings. The fourth-order valence-electron chi connectivity index (χ4n) is 2.05. The maximum atomic E-state index is 11.6. The maximum Gasteiger partial charge on any atom is 0.237 e. The van der Waals surface area contributed by atoms with Gasteiger partial charge in [0, 0.05) is 12.1 Å². The van der Waals surface area contributed by atoms with Crippen LogP contribution in [0.4, 0.5) is 0 Å². The van der Waals surface area contributed by atoms with E-state index >= 15 is 0 Å². The first-order chi connectivity index (χ1) is 7.13. The lowest BCUT2D eigenvalue weighted by molar-refractivity contribution is -0.123. The number of nitrogens with one attached hydrogen (secondary N) is 2. The minimum absolute atomic E-state index is 0.0645. The number of amides is 1. The van der Waals surface area contributed by atoms with Gasteiger partial charge in [-0.3, -0.25) is 4.79 Å². The first kappa shape index (κ1) is 12.2. The Bertz CT molecular complexity index is 228. The average Bonchev–Trinajstić information content (AvgIpc) is 2.19. The van der Waals surface area contributed by atoms with Gasteiger partial charge >= 0.3 is 0 Å². The molecule has 1 saturated carbocycles. The summed E-state index contributed by atoms with van der Waals surface area (Å²) >= 11 is 0. The van der Waals surface area contributed by atoms with Crippen molar-refractivity contribution in [3.8, 4) is 0 Å². The predicted octanol–water partition coefficient (Wildman–Crippen LogP) is 1.60. The molecule has 0 spiro atoms. The van der Waals surface area contributed by atoms with E-state index in [0.717, 1.165) is 6.42 Å². The van der Waals surface area contributed by atoms with E-state index < -0.39 is 0 Å². The zero-order chi connectivity index (χ0) is 11.3. The number of hydrogen-bond acceptors (Lipinski definition) is 2. The summed E-state index contributed by atoms with van der Waals surface area (Å²) in [6, 6.07) is -0.106. The monoisotopic (exact) mass is 210 g/mol. The lowest BCUT2D eigenvalue weighted by Crippen LogP contribution is -2.57. The third kappa shape index (κ3) is 3.06. The van der Waals surface area contributed by atoms with Gasteiger partial charge in [0.05, 0.1) is 6.04 Å². The second-order valence-corrected chi connectivity index (χ2v) is 4.39. The number of hydrogen-bond donors (Lipinski definition) is 2. The molecule has 0 bridgehead atoms. The summed E-state index contributed by atoms with van der Waals surface area (Å²) in [6.45, 7) is 8.23. The summed E-state index contributed by atoms with van der Waals surface area (Å²) in [5.41, 5.74) is 0.227. The number of rotatable bonds is 6. The van der Waals surface area contributed by atoms with Crippen LogP contribution < -0.4 is 10.6 Å². The minimum atomic E-state index is -0.106. The van der Waals surface area contributed by atoms with E-state index in [1.807, 2.05) is 6.92 Å². The summed E-state index contributed by atoms with van der Waals surface area (Å²) in [5, 5.41) is 6.25. The van der Waals surface area contributed by atoms with Gasteiger partial charge in [-0.2, -0.15) is 0 Å². The van der Waals surface area contributed by atoms with Crippen LogP contribution in [0.1, 0.15) is 39.5 Å². The van der Waals surface area contributed by atoms with E-state index in [0.29, 0.717) is 6.54 Å². The van der Waals surface area contributed by atoms with Crippen LogP contribution in [0.5, 0.6) is 0 Å². The van der Waals surface area contributed by atoms with Crippen LogP contribution >= 0.6 is 0 Å². The quantitative estimate of drug-likeness (QED) is 0.654. The highest BCUT2D eigenvalue weighted by Gasteiger charge is 2.36. The molecule has 3 heteroatoms. The normalized spacial score (nSPS) is 20.1. The molecular formula is C12H22N2O. The molecule has 1 aliphatic rings. The SMILES string of the molecule is C=CCNC(=O)C(C)NC1(CC)CCC1. The number of carbonyl (C=O) groups excluding carboxylic acids is 1. The molecule has 1 fully saturated rings. The van der Waals surface area contributed by atoms with E-state index in [2.05, 4.69) is 24.1 Å². The van der Waals surface area contributed by atoms with E-state index in [9.17, 15) is 4.79 Å². The minimum Gasteiger partial charge on any atom is -0.351 e. The Hall–Kier alpha value is -0.830. The van der Waals surface area contributed by atoms with Gasteiger partial charge in [-0.1, -0.05) is 13.0 Å². The Balaban J connectivity index is 2.36. The molecule has 3 nitrogen and oxygen atoms in total. The van der Waals surface area contributed by atoms with Gasteiger partial charge in [0.15, 0.2) is 0 Å². The second kappa shape index (κ2) is 5.31. The Morgan fingerprint density at radius 3 is 2.67 bits per heavy atom. The van der Waals surface area contributed by atoms with Gasteiger partial charge in [0.25, 0.3) is 0 Å².